The third-order valence-corrected chi connectivity index (χ3v) is 3.83. The molecule has 0 saturated carbocycles. The summed E-state index contributed by atoms with van der Waals surface area (Å²) >= 11 is 0. The zero-order valence-corrected chi connectivity index (χ0v) is 12.8. The van der Waals surface area contributed by atoms with Crippen molar-refractivity contribution >= 4 is 0 Å². The average Bonchev–Trinajstić information content (AvgIpc) is 2.87. The summed E-state index contributed by atoms with van der Waals surface area (Å²) in [5.41, 5.74) is 1.36. The van der Waals surface area contributed by atoms with E-state index < -0.39 is 0 Å². The van der Waals surface area contributed by atoms with Crippen LogP contribution in [0.4, 0.5) is 0 Å². The van der Waals surface area contributed by atoms with Crippen molar-refractivity contribution in [3.8, 4) is 0 Å². The van der Waals surface area contributed by atoms with Crippen LogP contribution in [-0.2, 0) is 13.1 Å². The normalized spacial score (nSPS) is 20.6. The van der Waals surface area contributed by atoms with Gasteiger partial charge in [-0.3, -0.25) is 4.90 Å². The van der Waals surface area contributed by atoms with Crippen LogP contribution >= 0.6 is 0 Å². The molecule has 1 aliphatic heterocycles. The summed E-state index contributed by atoms with van der Waals surface area (Å²) < 4.78 is 5.84. The Labute approximate surface area is 117 Å². The van der Waals surface area contributed by atoms with Crippen molar-refractivity contribution in [2.75, 3.05) is 19.6 Å². The van der Waals surface area contributed by atoms with E-state index in [9.17, 15) is 0 Å². The molecule has 1 atom stereocenters. The predicted octanol–water partition coefficient (Wildman–Crippen LogP) is 3.18. The second-order valence-electron chi connectivity index (χ2n) is 6.45. The van der Waals surface area contributed by atoms with Crippen molar-refractivity contribution in [3.05, 3.63) is 23.2 Å². The lowest BCUT2D eigenvalue weighted by Crippen LogP contribution is -2.20. The number of nitrogens with zero attached hydrogens (tertiary/aromatic N) is 1. The fourth-order valence-corrected chi connectivity index (χ4v) is 2.73. The zero-order chi connectivity index (χ0) is 13.8. The molecule has 0 amide bonds. The molecule has 3 heteroatoms. The van der Waals surface area contributed by atoms with Crippen LogP contribution in [-0.4, -0.2) is 24.5 Å². The summed E-state index contributed by atoms with van der Waals surface area (Å²) in [6, 6.07) is 2.23. The first-order valence-electron chi connectivity index (χ1n) is 7.56. The van der Waals surface area contributed by atoms with E-state index in [-0.39, 0.29) is 0 Å². The Hall–Kier alpha value is -0.800. The van der Waals surface area contributed by atoms with Gasteiger partial charge in [0.2, 0.25) is 0 Å². The molecule has 0 aromatic carbocycles. The van der Waals surface area contributed by atoms with Crippen LogP contribution in [0.15, 0.2) is 10.5 Å². The molecule has 1 aromatic rings. The fraction of sp³-hybridized carbons (Fsp3) is 0.750. The molecule has 1 unspecified atom stereocenters. The number of aryl methyl sites for hydroxylation is 1. The Kier molecular flexibility index (Phi) is 5.06. The molecule has 108 valence electrons. The van der Waals surface area contributed by atoms with Gasteiger partial charge in [0.05, 0.1) is 6.54 Å². The van der Waals surface area contributed by atoms with Gasteiger partial charge in [-0.1, -0.05) is 20.8 Å². The maximum absolute atomic E-state index is 5.84. The van der Waals surface area contributed by atoms with Crippen LogP contribution < -0.4 is 5.32 Å². The van der Waals surface area contributed by atoms with E-state index in [0.29, 0.717) is 5.92 Å². The summed E-state index contributed by atoms with van der Waals surface area (Å²) in [6.07, 6.45) is 1.33. The number of hydrogen-bond acceptors (Lipinski definition) is 3. The minimum absolute atomic E-state index is 0.682. The van der Waals surface area contributed by atoms with Gasteiger partial charge in [0.15, 0.2) is 0 Å². The maximum atomic E-state index is 5.84. The van der Waals surface area contributed by atoms with Crippen LogP contribution in [0.1, 0.15) is 44.3 Å². The summed E-state index contributed by atoms with van der Waals surface area (Å²) in [6.45, 7) is 14.3. The molecule has 3 nitrogen and oxygen atoms in total. The molecule has 1 saturated heterocycles. The van der Waals surface area contributed by atoms with E-state index in [1.165, 1.54) is 25.1 Å². The second-order valence-corrected chi connectivity index (χ2v) is 6.45. The van der Waals surface area contributed by atoms with Crippen LogP contribution in [0.25, 0.3) is 0 Å². The highest BCUT2D eigenvalue weighted by Crippen LogP contribution is 2.21. The lowest BCUT2D eigenvalue weighted by molar-refractivity contribution is 0.317. The number of rotatable bonds is 6. The van der Waals surface area contributed by atoms with E-state index in [1.807, 2.05) is 0 Å². The smallest absolute Gasteiger partial charge is 0.118 e. The van der Waals surface area contributed by atoms with Crippen molar-refractivity contribution in [2.45, 2.75) is 47.2 Å². The molecule has 1 aliphatic rings. The van der Waals surface area contributed by atoms with Crippen LogP contribution in [0, 0.1) is 18.8 Å². The highest BCUT2D eigenvalue weighted by Gasteiger charge is 2.20. The molecule has 2 rings (SSSR count). The minimum atomic E-state index is 0.682. The molecule has 2 heterocycles. The molecular formula is C16H28N2O. The van der Waals surface area contributed by atoms with Gasteiger partial charge < -0.3 is 9.73 Å². The molecule has 1 fully saturated rings. The summed E-state index contributed by atoms with van der Waals surface area (Å²) in [7, 11) is 0. The van der Waals surface area contributed by atoms with Crippen molar-refractivity contribution in [3.63, 3.8) is 0 Å². The number of furan rings is 1. The molecular weight excluding hydrogens is 236 g/mol. The van der Waals surface area contributed by atoms with Crippen LogP contribution in [0.2, 0.25) is 0 Å². The highest BCUT2D eigenvalue weighted by atomic mass is 16.3. The van der Waals surface area contributed by atoms with Gasteiger partial charge in [-0.05, 0) is 44.3 Å². The Morgan fingerprint density at radius 1 is 1.47 bits per heavy atom. The predicted molar refractivity (Wildman–Crippen MR) is 79.0 cm³/mol. The van der Waals surface area contributed by atoms with E-state index in [2.05, 4.69) is 44.0 Å². The Bertz CT molecular complexity index is 397. The van der Waals surface area contributed by atoms with Crippen LogP contribution in [0.5, 0.6) is 0 Å². The van der Waals surface area contributed by atoms with Gasteiger partial charge in [0.25, 0.3) is 0 Å². The van der Waals surface area contributed by atoms with E-state index in [1.54, 1.807) is 0 Å². The molecule has 0 spiro atoms. The van der Waals surface area contributed by atoms with Gasteiger partial charge in [0.1, 0.15) is 11.5 Å². The molecule has 1 aromatic heterocycles. The largest absolute Gasteiger partial charge is 0.465 e. The third kappa shape index (κ3) is 4.36. The van der Waals surface area contributed by atoms with Crippen LogP contribution in [0.3, 0.4) is 0 Å². The standard InChI is InChI=1S/C16H28N2O/c1-12(2)8-17-9-16-7-15(14(4)19-16)11-18-6-5-13(3)10-18/h7,12-13,17H,5-6,8-11H2,1-4H3. The molecule has 1 N–H and O–H groups in total. The first-order valence-corrected chi connectivity index (χ1v) is 7.56. The Morgan fingerprint density at radius 2 is 2.26 bits per heavy atom. The zero-order valence-electron chi connectivity index (χ0n) is 12.8. The number of nitrogens with one attached hydrogen (secondary N) is 1. The maximum Gasteiger partial charge on any atom is 0.118 e. The van der Waals surface area contributed by atoms with Crippen molar-refractivity contribution < 1.29 is 4.42 Å². The SMILES string of the molecule is Cc1oc(CNCC(C)C)cc1CN1CCC(C)C1. The third-order valence-electron chi connectivity index (χ3n) is 3.83. The lowest BCUT2D eigenvalue weighted by atomic mass is 10.2. The average molecular weight is 264 g/mol. The van der Waals surface area contributed by atoms with Gasteiger partial charge >= 0.3 is 0 Å². The van der Waals surface area contributed by atoms with E-state index in [4.69, 9.17) is 4.42 Å². The first-order chi connectivity index (χ1) is 9.04. The molecule has 0 aliphatic carbocycles. The Morgan fingerprint density at radius 3 is 2.89 bits per heavy atom. The van der Waals surface area contributed by atoms with Crippen molar-refractivity contribution in [2.24, 2.45) is 11.8 Å². The van der Waals surface area contributed by atoms with Gasteiger partial charge in [0, 0.05) is 18.7 Å². The monoisotopic (exact) mass is 264 g/mol. The van der Waals surface area contributed by atoms with E-state index >= 15 is 0 Å². The van der Waals surface area contributed by atoms with E-state index in [0.717, 1.165) is 37.1 Å². The number of hydrogen-bond donors (Lipinski definition) is 1. The minimum Gasteiger partial charge on any atom is -0.465 e. The molecule has 19 heavy (non-hydrogen) atoms. The van der Waals surface area contributed by atoms with Gasteiger partial charge in [-0.15, -0.1) is 0 Å². The van der Waals surface area contributed by atoms with Gasteiger partial charge in [-0.25, -0.2) is 0 Å². The highest BCUT2D eigenvalue weighted by molar-refractivity contribution is 5.21. The number of likely N-dealkylation sites (tertiary alicyclic amines) is 1. The molecule has 0 bridgehead atoms. The lowest BCUT2D eigenvalue weighted by Gasteiger charge is -2.14. The second kappa shape index (κ2) is 6.58. The van der Waals surface area contributed by atoms with Crippen molar-refractivity contribution in [1.82, 2.24) is 10.2 Å². The molecule has 0 radical (unpaired) electrons. The Balaban J connectivity index is 1.86. The van der Waals surface area contributed by atoms with Crippen molar-refractivity contribution in [1.29, 1.82) is 0 Å². The topological polar surface area (TPSA) is 28.4 Å². The summed E-state index contributed by atoms with van der Waals surface area (Å²) in [5.74, 6) is 3.68. The summed E-state index contributed by atoms with van der Waals surface area (Å²) in [5, 5.41) is 3.44. The summed E-state index contributed by atoms with van der Waals surface area (Å²) in [4.78, 5) is 2.54. The quantitative estimate of drug-likeness (QED) is 0.855. The van der Waals surface area contributed by atoms with Gasteiger partial charge in [-0.2, -0.15) is 0 Å². The first kappa shape index (κ1) is 14.6. The fourth-order valence-electron chi connectivity index (χ4n) is 2.73.